The zero-order valence-corrected chi connectivity index (χ0v) is 13.9. The summed E-state index contributed by atoms with van der Waals surface area (Å²) in [5.41, 5.74) is 10.4. The molecule has 2 aromatic heterocycles. The van der Waals surface area contributed by atoms with Crippen LogP contribution in [0.25, 0.3) is 10.9 Å². The molecule has 0 fully saturated rings. The first-order chi connectivity index (χ1) is 12.3. The summed E-state index contributed by atoms with van der Waals surface area (Å²) in [6.07, 6.45) is 3.57. The summed E-state index contributed by atoms with van der Waals surface area (Å²) in [7, 11) is 0. The van der Waals surface area contributed by atoms with E-state index in [2.05, 4.69) is 50.7 Å². The first kappa shape index (κ1) is 15.5. The lowest BCUT2D eigenvalue weighted by Crippen LogP contribution is -2.04. The highest BCUT2D eigenvalue weighted by Gasteiger charge is 2.08. The highest BCUT2D eigenvalue weighted by atomic mass is 15.6. The van der Waals surface area contributed by atoms with Crippen LogP contribution in [0.15, 0.2) is 54.7 Å². The Morgan fingerprint density at radius 1 is 1.04 bits per heavy atom. The number of rotatable bonds is 6. The van der Waals surface area contributed by atoms with Gasteiger partial charge in [0.25, 0.3) is 0 Å². The zero-order chi connectivity index (χ0) is 17.1. The molecular formula is C19H20N6. The second kappa shape index (κ2) is 6.86. The molecule has 6 heteroatoms. The third kappa shape index (κ3) is 3.44. The average molecular weight is 332 g/mol. The summed E-state index contributed by atoms with van der Waals surface area (Å²) in [4.78, 5) is 4.93. The largest absolute Gasteiger partial charge is 0.361 e. The molecule has 4 aromatic rings. The normalized spacial score (nSPS) is 11.2. The van der Waals surface area contributed by atoms with E-state index in [-0.39, 0.29) is 0 Å². The number of aromatic nitrogens is 5. The molecule has 0 aliphatic carbocycles. The Morgan fingerprint density at radius 3 is 2.76 bits per heavy atom. The number of benzene rings is 2. The number of fused-ring (bicyclic) bond motifs is 1. The molecule has 25 heavy (non-hydrogen) atoms. The van der Waals surface area contributed by atoms with E-state index in [9.17, 15) is 0 Å². The smallest absolute Gasteiger partial charge is 0.179 e. The minimum absolute atomic E-state index is 0.630. The summed E-state index contributed by atoms with van der Waals surface area (Å²) < 4.78 is 0. The third-order valence-corrected chi connectivity index (χ3v) is 4.27. The van der Waals surface area contributed by atoms with E-state index in [1.165, 1.54) is 16.5 Å². The van der Waals surface area contributed by atoms with E-state index in [4.69, 9.17) is 5.73 Å². The second-order valence-electron chi connectivity index (χ2n) is 6.13. The number of nitrogens with two attached hydrogens (primary N) is 1. The standard InChI is InChI=1S/C19H20N6/c20-9-8-16-12-21-18-7-6-15(10-17(16)18)11-19-22-24-25(23-19)13-14-4-2-1-3-5-14/h1-7,10,12,21H,8-9,11,13,20H2. The van der Waals surface area contributed by atoms with Gasteiger partial charge in [0.05, 0.1) is 6.54 Å². The average Bonchev–Trinajstić information content (AvgIpc) is 3.23. The Hall–Kier alpha value is -2.99. The molecule has 0 radical (unpaired) electrons. The van der Waals surface area contributed by atoms with Crippen LogP contribution < -0.4 is 5.73 Å². The van der Waals surface area contributed by atoms with Gasteiger partial charge >= 0.3 is 0 Å². The maximum absolute atomic E-state index is 5.69. The predicted octanol–water partition coefficient (Wildman–Crippen LogP) is 2.29. The van der Waals surface area contributed by atoms with Crippen LogP contribution in [0.5, 0.6) is 0 Å². The highest BCUT2D eigenvalue weighted by Crippen LogP contribution is 2.21. The van der Waals surface area contributed by atoms with E-state index < -0.39 is 0 Å². The minimum atomic E-state index is 0.630. The molecule has 0 saturated heterocycles. The van der Waals surface area contributed by atoms with E-state index in [1.54, 1.807) is 4.80 Å². The number of nitrogens with zero attached hydrogens (tertiary/aromatic N) is 4. The number of nitrogens with one attached hydrogen (secondary N) is 1. The molecule has 0 bridgehead atoms. The van der Waals surface area contributed by atoms with Crippen LogP contribution in [0.1, 0.15) is 22.5 Å². The Morgan fingerprint density at radius 2 is 1.92 bits per heavy atom. The fourth-order valence-corrected chi connectivity index (χ4v) is 3.04. The van der Waals surface area contributed by atoms with Gasteiger partial charge in [-0.25, -0.2) is 0 Å². The van der Waals surface area contributed by atoms with Crippen LogP contribution in [-0.2, 0) is 19.4 Å². The number of H-pyrrole nitrogens is 1. The number of hydrogen-bond donors (Lipinski definition) is 2. The van der Waals surface area contributed by atoms with Gasteiger partial charge in [-0.1, -0.05) is 36.4 Å². The quantitative estimate of drug-likeness (QED) is 0.567. The van der Waals surface area contributed by atoms with Crippen molar-refractivity contribution in [1.29, 1.82) is 0 Å². The number of tetrazole rings is 1. The van der Waals surface area contributed by atoms with Gasteiger partial charge in [0.15, 0.2) is 5.82 Å². The van der Waals surface area contributed by atoms with E-state index >= 15 is 0 Å². The summed E-state index contributed by atoms with van der Waals surface area (Å²) in [5, 5.41) is 14.1. The zero-order valence-electron chi connectivity index (χ0n) is 13.9. The molecule has 126 valence electrons. The molecule has 2 aromatic carbocycles. The highest BCUT2D eigenvalue weighted by molar-refractivity contribution is 5.84. The molecule has 0 aliphatic heterocycles. The van der Waals surface area contributed by atoms with Crippen molar-refractivity contribution in [2.75, 3.05) is 6.54 Å². The molecule has 0 amide bonds. The van der Waals surface area contributed by atoms with Crippen LogP contribution in [0.2, 0.25) is 0 Å². The molecule has 2 heterocycles. The maximum Gasteiger partial charge on any atom is 0.179 e. The minimum Gasteiger partial charge on any atom is -0.361 e. The molecule has 6 nitrogen and oxygen atoms in total. The fraction of sp³-hybridized carbons (Fsp3) is 0.211. The summed E-state index contributed by atoms with van der Waals surface area (Å²) in [5.74, 6) is 0.728. The lowest BCUT2D eigenvalue weighted by Gasteiger charge is -2.01. The van der Waals surface area contributed by atoms with Crippen molar-refractivity contribution < 1.29 is 0 Å². The van der Waals surface area contributed by atoms with E-state index in [1.807, 2.05) is 24.4 Å². The van der Waals surface area contributed by atoms with Crippen LogP contribution in [0.4, 0.5) is 0 Å². The summed E-state index contributed by atoms with van der Waals surface area (Å²) >= 11 is 0. The van der Waals surface area contributed by atoms with Crippen LogP contribution in [-0.4, -0.2) is 31.7 Å². The van der Waals surface area contributed by atoms with Gasteiger partial charge in [0, 0.05) is 23.5 Å². The molecule has 0 spiro atoms. The summed E-state index contributed by atoms with van der Waals surface area (Å²) in [6, 6.07) is 16.5. The maximum atomic E-state index is 5.69. The van der Waals surface area contributed by atoms with Gasteiger partial charge in [0.2, 0.25) is 0 Å². The topological polar surface area (TPSA) is 85.4 Å². The Labute approximate surface area is 145 Å². The van der Waals surface area contributed by atoms with E-state index in [0.717, 1.165) is 23.3 Å². The van der Waals surface area contributed by atoms with Gasteiger partial charge in [0.1, 0.15) is 0 Å². The molecule has 0 aliphatic rings. The van der Waals surface area contributed by atoms with Gasteiger partial charge in [-0.05, 0) is 47.0 Å². The predicted molar refractivity (Wildman–Crippen MR) is 97.2 cm³/mol. The number of hydrogen-bond acceptors (Lipinski definition) is 4. The van der Waals surface area contributed by atoms with Crippen LogP contribution >= 0.6 is 0 Å². The van der Waals surface area contributed by atoms with Gasteiger partial charge in [-0.15, -0.1) is 10.2 Å². The first-order valence-electron chi connectivity index (χ1n) is 8.41. The lowest BCUT2D eigenvalue weighted by atomic mass is 10.1. The van der Waals surface area contributed by atoms with Gasteiger partial charge in [-0.3, -0.25) is 0 Å². The Kier molecular flexibility index (Phi) is 4.26. The Balaban J connectivity index is 1.52. The van der Waals surface area contributed by atoms with E-state index in [0.29, 0.717) is 19.5 Å². The molecule has 0 atom stereocenters. The van der Waals surface area contributed by atoms with Crippen molar-refractivity contribution in [1.82, 2.24) is 25.2 Å². The van der Waals surface area contributed by atoms with Crippen LogP contribution in [0.3, 0.4) is 0 Å². The molecule has 4 rings (SSSR count). The van der Waals surface area contributed by atoms with Gasteiger partial charge in [-0.2, -0.15) is 4.80 Å². The third-order valence-electron chi connectivity index (χ3n) is 4.27. The molecule has 3 N–H and O–H groups in total. The van der Waals surface area contributed by atoms with Crippen molar-refractivity contribution >= 4 is 10.9 Å². The molecule has 0 unspecified atom stereocenters. The van der Waals surface area contributed by atoms with Crippen molar-refractivity contribution in [2.45, 2.75) is 19.4 Å². The molecule has 0 saturated carbocycles. The SMILES string of the molecule is NCCc1c[nH]c2ccc(Cc3nnn(Cc4ccccc4)n3)cc12. The van der Waals surface area contributed by atoms with Crippen molar-refractivity contribution in [3.63, 3.8) is 0 Å². The summed E-state index contributed by atoms with van der Waals surface area (Å²) in [6.45, 7) is 1.28. The number of aromatic amines is 1. The van der Waals surface area contributed by atoms with Crippen LogP contribution in [0, 0.1) is 0 Å². The fourth-order valence-electron chi connectivity index (χ4n) is 3.04. The van der Waals surface area contributed by atoms with Gasteiger partial charge < -0.3 is 10.7 Å². The van der Waals surface area contributed by atoms with Crippen molar-refractivity contribution in [3.8, 4) is 0 Å². The first-order valence-corrected chi connectivity index (χ1v) is 8.41. The second-order valence-corrected chi connectivity index (χ2v) is 6.13. The Bertz CT molecular complexity index is 970. The monoisotopic (exact) mass is 332 g/mol. The van der Waals surface area contributed by atoms with Crippen molar-refractivity contribution in [3.05, 3.63) is 77.2 Å². The molecular weight excluding hydrogens is 312 g/mol. The lowest BCUT2D eigenvalue weighted by molar-refractivity contribution is 0.571. The van der Waals surface area contributed by atoms with Crippen molar-refractivity contribution in [2.24, 2.45) is 5.73 Å².